The lowest BCUT2D eigenvalue weighted by Gasteiger charge is -2.36. The molecular weight excluding hydrogens is 390 g/mol. The second-order valence-corrected chi connectivity index (χ2v) is 6.90. The summed E-state index contributed by atoms with van der Waals surface area (Å²) in [6, 6.07) is 10.9. The standard InChI is InChI=1S/C21H21N3O6/c1-14(25)15-3-5-18(6-4-15)22-7-9-23(10-8-22)20(26)16-11-17(21(27)30-2)13-19(12-16)24(28)29/h3-6,11-13H,7-10H2,1-2H3. The molecule has 30 heavy (non-hydrogen) atoms. The lowest BCUT2D eigenvalue weighted by Crippen LogP contribution is -2.48. The number of methoxy groups -OCH3 is 1. The van der Waals surface area contributed by atoms with Crippen LogP contribution in [0.5, 0.6) is 0 Å². The number of nitro groups is 1. The first-order chi connectivity index (χ1) is 14.3. The van der Waals surface area contributed by atoms with Gasteiger partial charge in [0.25, 0.3) is 11.6 Å². The summed E-state index contributed by atoms with van der Waals surface area (Å²) in [5, 5.41) is 11.2. The Bertz CT molecular complexity index is 994. The number of esters is 1. The van der Waals surface area contributed by atoms with Crippen molar-refractivity contribution in [2.45, 2.75) is 6.92 Å². The minimum atomic E-state index is -0.744. The van der Waals surface area contributed by atoms with E-state index in [-0.39, 0.29) is 28.5 Å². The van der Waals surface area contributed by atoms with E-state index in [1.165, 1.54) is 26.2 Å². The number of anilines is 1. The monoisotopic (exact) mass is 411 g/mol. The Morgan fingerprint density at radius 2 is 1.53 bits per heavy atom. The topological polar surface area (TPSA) is 110 Å². The average molecular weight is 411 g/mol. The number of nitro benzene ring substituents is 1. The van der Waals surface area contributed by atoms with E-state index in [2.05, 4.69) is 9.64 Å². The van der Waals surface area contributed by atoms with E-state index in [1.807, 2.05) is 12.1 Å². The van der Waals surface area contributed by atoms with Gasteiger partial charge in [-0.25, -0.2) is 4.79 Å². The Morgan fingerprint density at radius 3 is 2.07 bits per heavy atom. The van der Waals surface area contributed by atoms with Crippen LogP contribution in [-0.4, -0.2) is 60.8 Å². The van der Waals surface area contributed by atoms with Crippen molar-refractivity contribution in [3.05, 3.63) is 69.3 Å². The molecule has 0 bridgehead atoms. The molecule has 2 aromatic carbocycles. The molecule has 0 radical (unpaired) electrons. The average Bonchev–Trinajstić information content (AvgIpc) is 2.77. The fraction of sp³-hybridized carbons (Fsp3) is 0.286. The minimum absolute atomic E-state index is 0.000226. The normalized spacial score (nSPS) is 13.7. The van der Waals surface area contributed by atoms with Crippen LogP contribution >= 0.6 is 0 Å². The second-order valence-electron chi connectivity index (χ2n) is 6.90. The van der Waals surface area contributed by atoms with Crippen LogP contribution in [0, 0.1) is 10.1 Å². The van der Waals surface area contributed by atoms with Crippen molar-refractivity contribution in [1.82, 2.24) is 4.90 Å². The van der Waals surface area contributed by atoms with Crippen LogP contribution in [0.4, 0.5) is 11.4 Å². The quantitative estimate of drug-likeness (QED) is 0.322. The third-order valence-electron chi connectivity index (χ3n) is 5.00. The molecule has 1 heterocycles. The zero-order valence-corrected chi connectivity index (χ0v) is 16.7. The van der Waals surface area contributed by atoms with Gasteiger partial charge in [0.2, 0.25) is 0 Å². The molecule has 9 nitrogen and oxygen atoms in total. The highest BCUT2D eigenvalue weighted by Crippen LogP contribution is 2.22. The number of amides is 1. The molecule has 1 amide bonds. The van der Waals surface area contributed by atoms with Crippen molar-refractivity contribution in [2.75, 3.05) is 38.2 Å². The third-order valence-corrected chi connectivity index (χ3v) is 5.00. The number of hydrogen-bond acceptors (Lipinski definition) is 7. The summed E-state index contributed by atoms with van der Waals surface area (Å²) in [5.74, 6) is -1.12. The molecule has 0 saturated carbocycles. The summed E-state index contributed by atoms with van der Waals surface area (Å²) < 4.78 is 4.62. The van der Waals surface area contributed by atoms with Crippen LogP contribution in [0.25, 0.3) is 0 Å². The maximum atomic E-state index is 12.9. The van der Waals surface area contributed by atoms with Crippen LogP contribution in [0.15, 0.2) is 42.5 Å². The Labute approximate surface area is 173 Å². The molecule has 0 spiro atoms. The van der Waals surface area contributed by atoms with Gasteiger partial charge in [-0.15, -0.1) is 0 Å². The molecule has 0 N–H and O–H groups in total. The number of Topliss-reactive ketones (excluding diaryl/α,β-unsaturated/α-hetero) is 1. The second kappa shape index (κ2) is 8.73. The highest BCUT2D eigenvalue weighted by molar-refractivity contribution is 5.99. The predicted molar refractivity (Wildman–Crippen MR) is 109 cm³/mol. The molecule has 156 valence electrons. The fourth-order valence-corrected chi connectivity index (χ4v) is 3.33. The third kappa shape index (κ3) is 4.45. The number of piperazine rings is 1. The van der Waals surface area contributed by atoms with Crippen LogP contribution in [-0.2, 0) is 4.74 Å². The van der Waals surface area contributed by atoms with Crippen molar-refractivity contribution in [3.8, 4) is 0 Å². The molecule has 1 aliphatic rings. The van der Waals surface area contributed by atoms with Gasteiger partial charge in [0, 0.05) is 55.1 Å². The van der Waals surface area contributed by atoms with Crippen molar-refractivity contribution >= 4 is 29.0 Å². The molecule has 9 heteroatoms. The summed E-state index contributed by atoms with van der Waals surface area (Å²) in [7, 11) is 1.17. The molecule has 1 saturated heterocycles. The minimum Gasteiger partial charge on any atom is -0.465 e. The fourth-order valence-electron chi connectivity index (χ4n) is 3.33. The van der Waals surface area contributed by atoms with Crippen LogP contribution < -0.4 is 4.90 Å². The zero-order valence-electron chi connectivity index (χ0n) is 16.7. The van der Waals surface area contributed by atoms with E-state index in [0.29, 0.717) is 31.7 Å². The van der Waals surface area contributed by atoms with Crippen LogP contribution in [0.1, 0.15) is 38.0 Å². The number of nitrogens with zero attached hydrogens (tertiary/aromatic N) is 3. The van der Waals surface area contributed by atoms with Crippen molar-refractivity contribution in [2.24, 2.45) is 0 Å². The number of hydrogen-bond donors (Lipinski definition) is 0. The van der Waals surface area contributed by atoms with E-state index < -0.39 is 10.9 Å². The molecule has 0 atom stereocenters. The Hall–Kier alpha value is -3.75. The molecule has 0 aliphatic carbocycles. The highest BCUT2D eigenvalue weighted by Gasteiger charge is 2.25. The first-order valence-electron chi connectivity index (χ1n) is 9.33. The van der Waals surface area contributed by atoms with Crippen molar-refractivity contribution in [1.29, 1.82) is 0 Å². The van der Waals surface area contributed by atoms with Crippen LogP contribution in [0.2, 0.25) is 0 Å². The van der Waals surface area contributed by atoms with Gasteiger partial charge in [-0.05, 0) is 37.3 Å². The first kappa shape index (κ1) is 21.0. The number of carbonyl (C=O) groups excluding carboxylic acids is 3. The van der Waals surface area contributed by atoms with Gasteiger partial charge in [-0.2, -0.15) is 0 Å². The molecule has 1 fully saturated rings. The number of carbonyl (C=O) groups is 3. The SMILES string of the molecule is COC(=O)c1cc(C(=O)N2CCN(c3ccc(C(C)=O)cc3)CC2)cc([N+](=O)[O-])c1. The van der Waals surface area contributed by atoms with E-state index in [1.54, 1.807) is 17.0 Å². The van der Waals surface area contributed by atoms with Crippen molar-refractivity contribution < 1.29 is 24.0 Å². The number of benzene rings is 2. The number of rotatable bonds is 5. The van der Waals surface area contributed by atoms with Gasteiger partial charge in [-0.3, -0.25) is 19.7 Å². The summed E-state index contributed by atoms with van der Waals surface area (Å²) in [4.78, 5) is 50.3. The van der Waals surface area contributed by atoms with Gasteiger partial charge >= 0.3 is 5.97 Å². The predicted octanol–water partition coefficient (Wildman–Crippen LogP) is 2.55. The Balaban J connectivity index is 1.73. The van der Waals surface area contributed by atoms with Crippen LogP contribution in [0.3, 0.4) is 0 Å². The zero-order chi connectivity index (χ0) is 21.8. The molecule has 3 rings (SSSR count). The highest BCUT2D eigenvalue weighted by atomic mass is 16.6. The molecule has 2 aromatic rings. The largest absolute Gasteiger partial charge is 0.465 e. The van der Waals surface area contributed by atoms with E-state index in [0.717, 1.165) is 11.8 Å². The Kier molecular flexibility index (Phi) is 6.10. The summed E-state index contributed by atoms with van der Waals surface area (Å²) in [6.07, 6.45) is 0. The number of ketones is 1. The van der Waals surface area contributed by atoms with E-state index in [4.69, 9.17) is 0 Å². The number of ether oxygens (including phenoxy) is 1. The maximum absolute atomic E-state index is 12.9. The first-order valence-corrected chi connectivity index (χ1v) is 9.33. The summed E-state index contributed by atoms with van der Waals surface area (Å²) >= 11 is 0. The van der Waals surface area contributed by atoms with Gasteiger partial charge in [0.1, 0.15) is 0 Å². The van der Waals surface area contributed by atoms with E-state index >= 15 is 0 Å². The molecular formula is C21H21N3O6. The van der Waals surface area contributed by atoms with Gasteiger partial charge < -0.3 is 14.5 Å². The number of non-ortho nitro benzene ring substituents is 1. The lowest BCUT2D eigenvalue weighted by molar-refractivity contribution is -0.384. The lowest BCUT2D eigenvalue weighted by atomic mass is 10.1. The Morgan fingerprint density at radius 1 is 0.933 bits per heavy atom. The maximum Gasteiger partial charge on any atom is 0.338 e. The van der Waals surface area contributed by atoms with Gasteiger partial charge in [0.15, 0.2) is 5.78 Å². The summed E-state index contributed by atoms with van der Waals surface area (Å²) in [5.41, 5.74) is 1.28. The van der Waals surface area contributed by atoms with Gasteiger partial charge in [-0.1, -0.05) is 0 Å². The molecule has 0 unspecified atom stereocenters. The van der Waals surface area contributed by atoms with E-state index in [9.17, 15) is 24.5 Å². The smallest absolute Gasteiger partial charge is 0.338 e. The molecule has 1 aliphatic heterocycles. The van der Waals surface area contributed by atoms with Gasteiger partial charge in [0.05, 0.1) is 17.6 Å². The van der Waals surface area contributed by atoms with Crippen molar-refractivity contribution in [3.63, 3.8) is 0 Å². The molecule has 0 aromatic heterocycles. The summed E-state index contributed by atoms with van der Waals surface area (Å²) in [6.45, 7) is 3.50.